The number of methoxy groups -OCH3 is 1. The first-order valence-electron chi connectivity index (χ1n) is 20.2. The maximum absolute atomic E-state index is 15.2. The number of amides is 4. The van der Waals surface area contributed by atoms with Crippen molar-refractivity contribution in [1.82, 2.24) is 34.8 Å². The minimum Gasteiger partial charge on any atom is -0.481 e. The van der Waals surface area contributed by atoms with E-state index in [0.717, 1.165) is 6.42 Å². The van der Waals surface area contributed by atoms with Crippen LogP contribution in [0, 0.1) is 17.8 Å². The molecule has 0 bridgehead atoms. The van der Waals surface area contributed by atoms with Crippen LogP contribution in [0.15, 0.2) is 24.4 Å². The van der Waals surface area contributed by atoms with Gasteiger partial charge in [0.25, 0.3) is 17.7 Å². The topological polar surface area (TPSA) is 220 Å². The monoisotopic (exact) mass is 827 g/mol. The maximum atomic E-state index is 15.2. The van der Waals surface area contributed by atoms with Crippen LogP contribution in [0.25, 0.3) is 11.0 Å². The zero-order valence-electron chi connectivity index (χ0n) is 34.6. The summed E-state index contributed by atoms with van der Waals surface area (Å²) in [6.07, 6.45) is 6.43. The van der Waals surface area contributed by atoms with E-state index in [1.165, 1.54) is 23.1 Å². The third kappa shape index (κ3) is 8.52. The van der Waals surface area contributed by atoms with Crippen LogP contribution in [-0.4, -0.2) is 116 Å². The van der Waals surface area contributed by atoms with Crippen molar-refractivity contribution in [2.45, 2.75) is 134 Å². The number of allylic oxidation sites excluding steroid dienone is 1. The van der Waals surface area contributed by atoms with Gasteiger partial charge < -0.3 is 29.5 Å². The molecule has 2 aliphatic heterocycles. The molecule has 2 saturated carbocycles. The predicted molar refractivity (Wildman–Crippen MR) is 213 cm³/mol. The molecule has 58 heavy (non-hydrogen) atoms. The summed E-state index contributed by atoms with van der Waals surface area (Å²) in [5.74, 6) is -2.52. The molecule has 1 saturated heterocycles. The summed E-state index contributed by atoms with van der Waals surface area (Å²) in [4.78, 5) is 73.0. The zero-order chi connectivity index (χ0) is 42.4. The smallest absolute Gasteiger partial charge is 0.408 e. The Morgan fingerprint density at radius 3 is 2.45 bits per heavy atom. The number of ether oxygens (including phenoxy) is 3. The van der Waals surface area contributed by atoms with E-state index >= 15 is 4.79 Å². The van der Waals surface area contributed by atoms with Gasteiger partial charge in [-0.15, -0.1) is 0 Å². The Kier molecular flexibility index (Phi) is 11.9. The van der Waals surface area contributed by atoms with Crippen molar-refractivity contribution < 1.29 is 46.9 Å². The Morgan fingerprint density at radius 1 is 1.12 bits per heavy atom. The van der Waals surface area contributed by atoms with Gasteiger partial charge in [-0.1, -0.05) is 32.4 Å². The largest absolute Gasteiger partial charge is 0.481 e. The molecule has 2 aromatic rings. The van der Waals surface area contributed by atoms with E-state index in [2.05, 4.69) is 31.9 Å². The molecule has 2 aromatic heterocycles. The first-order chi connectivity index (χ1) is 27.3. The van der Waals surface area contributed by atoms with E-state index in [9.17, 15) is 27.9 Å². The molecule has 0 unspecified atom stereocenters. The molecule has 2 aliphatic carbocycles. The van der Waals surface area contributed by atoms with Gasteiger partial charge in [0.2, 0.25) is 27.7 Å². The first kappa shape index (κ1) is 42.9. The third-order valence-corrected chi connectivity index (χ3v) is 14.2. The average Bonchev–Trinajstić information content (AvgIpc) is 4.03. The van der Waals surface area contributed by atoms with Crippen molar-refractivity contribution in [3.05, 3.63) is 24.4 Å². The SMILES string of the molecule is CCOc1nc2cc(OC)ncc2nc1O[C@@H]1C[C@H]2C(=O)N[C@]3(C(=O)NS(=O)(=O)C4(C)CC4)C[C@H]3/C=C\CC[C@@H](C)C[C@@H](CC)[C@H](N(C(=O)O)C(C)(C)C)C(=O)N2C1. The molecular formula is C40H57N7O10S. The number of hydrogen-bond acceptors (Lipinski definition) is 12. The number of nitrogens with one attached hydrogen (secondary N) is 2. The molecule has 4 aliphatic rings. The Morgan fingerprint density at radius 2 is 1.83 bits per heavy atom. The Balaban J connectivity index is 1.42. The van der Waals surface area contributed by atoms with Crippen LogP contribution >= 0.6 is 0 Å². The van der Waals surface area contributed by atoms with Gasteiger partial charge >= 0.3 is 6.09 Å². The highest BCUT2D eigenvalue weighted by Crippen LogP contribution is 2.48. The van der Waals surface area contributed by atoms with Gasteiger partial charge in [-0.2, -0.15) is 0 Å². The number of fused-ring (bicyclic) bond motifs is 3. The number of rotatable bonds is 10. The lowest BCUT2D eigenvalue weighted by Crippen LogP contribution is -2.62. The molecule has 4 amide bonds. The van der Waals surface area contributed by atoms with Crippen LogP contribution in [0.4, 0.5) is 4.79 Å². The summed E-state index contributed by atoms with van der Waals surface area (Å²) >= 11 is 0. The molecule has 6 rings (SSSR count). The second-order valence-electron chi connectivity index (χ2n) is 17.4. The highest BCUT2D eigenvalue weighted by atomic mass is 32.2. The number of aromatic nitrogens is 3. The fourth-order valence-electron chi connectivity index (χ4n) is 8.24. The molecule has 7 atom stereocenters. The number of sulfonamides is 1. The summed E-state index contributed by atoms with van der Waals surface area (Å²) in [5.41, 5.74) is -1.78. The van der Waals surface area contributed by atoms with Gasteiger partial charge in [0.05, 0.1) is 36.7 Å². The number of hydrogen-bond donors (Lipinski definition) is 3. The van der Waals surface area contributed by atoms with Crippen molar-refractivity contribution in [3.8, 4) is 17.6 Å². The summed E-state index contributed by atoms with van der Waals surface area (Å²) in [6, 6.07) is -0.810. The van der Waals surface area contributed by atoms with Gasteiger partial charge in [-0.05, 0) is 85.0 Å². The average molecular weight is 828 g/mol. The Labute approximate surface area is 339 Å². The van der Waals surface area contributed by atoms with E-state index in [4.69, 9.17) is 14.2 Å². The fraction of sp³-hybridized carbons (Fsp3) is 0.675. The molecule has 3 N–H and O–H groups in total. The van der Waals surface area contributed by atoms with E-state index in [1.807, 2.05) is 19.1 Å². The highest BCUT2D eigenvalue weighted by molar-refractivity contribution is 7.91. The summed E-state index contributed by atoms with van der Waals surface area (Å²) < 4.78 is 45.2. The van der Waals surface area contributed by atoms with E-state index < -0.39 is 79.7 Å². The molecular weight excluding hydrogens is 771 g/mol. The lowest BCUT2D eigenvalue weighted by atomic mass is 9.82. The van der Waals surface area contributed by atoms with Gasteiger partial charge in [-0.25, -0.2) is 28.2 Å². The minimum absolute atomic E-state index is 0.00241. The summed E-state index contributed by atoms with van der Waals surface area (Å²) in [6.45, 7) is 12.6. The van der Waals surface area contributed by atoms with Crippen molar-refractivity contribution in [1.29, 1.82) is 0 Å². The van der Waals surface area contributed by atoms with Crippen molar-refractivity contribution in [2.75, 3.05) is 20.3 Å². The van der Waals surface area contributed by atoms with Crippen molar-refractivity contribution >= 4 is 44.9 Å². The number of carbonyl (C=O) groups is 4. The highest BCUT2D eigenvalue weighted by Gasteiger charge is 2.63. The van der Waals surface area contributed by atoms with Crippen LogP contribution in [-0.2, 0) is 24.4 Å². The Hall–Kier alpha value is -4.74. The van der Waals surface area contributed by atoms with E-state index in [-0.39, 0.29) is 43.7 Å². The van der Waals surface area contributed by atoms with Crippen LogP contribution in [0.5, 0.6) is 17.6 Å². The molecule has 17 nitrogen and oxygen atoms in total. The van der Waals surface area contributed by atoms with Gasteiger partial charge in [0.1, 0.15) is 29.2 Å². The molecule has 0 radical (unpaired) electrons. The van der Waals surface area contributed by atoms with E-state index in [1.54, 1.807) is 40.7 Å². The normalized spacial score (nSPS) is 29.1. The van der Waals surface area contributed by atoms with Crippen LogP contribution in [0.2, 0.25) is 0 Å². The molecule has 3 fully saturated rings. The number of pyridine rings is 1. The second kappa shape index (κ2) is 16.1. The van der Waals surface area contributed by atoms with Crippen LogP contribution in [0.3, 0.4) is 0 Å². The quantitative estimate of drug-likeness (QED) is 0.287. The second-order valence-corrected chi connectivity index (χ2v) is 19.6. The number of carbonyl (C=O) groups excluding carboxylic acids is 3. The van der Waals surface area contributed by atoms with Crippen molar-refractivity contribution in [3.63, 3.8) is 0 Å². The molecule has 18 heteroatoms. The van der Waals surface area contributed by atoms with Crippen LogP contribution in [0.1, 0.15) is 99.8 Å². The van der Waals surface area contributed by atoms with Crippen LogP contribution < -0.4 is 24.2 Å². The predicted octanol–water partition coefficient (Wildman–Crippen LogP) is 4.20. The van der Waals surface area contributed by atoms with Gasteiger partial charge in [0, 0.05) is 23.9 Å². The molecule has 4 heterocycles. The minimum atomic E-state index is -4.04. The van der Waals surface area contributed by atoms with Gasteiger partial charge in [0.15, 0.2) is 0 Å². The molecule has 318 valence electrons. The third-order valence-electron chi connectivity index (χ3n) is 12.0. The standard InChI is InChI=1S/C40H57N7O10S/c1-9-24-17-23(3)13-11-12-14-25-20-40(25,36(50)45-58(53,54)39(7)15-16-39)44-32(48)29-18-26(22-46(29)35(49)31(24)47(37(51)52)38(4,5)6)57-34-33(56-10-2)42-27-19-30(55-8)41-21-28(27)43-34/h12,14,19,21,23-26,29,31H,9-11,13,15-18,20,22H2,1-8H3,(H,44,48)(H,45,50)(H,51,52)/b14-12-/t23-,24-,25-,26-,29+,31+,40-/m1/s1. The number of nitrogens with zero attached hydrogens (tertiary/aromatic N) is 5. The lowest BCUT2D eigenvalue weighted by Gasteiger charge is -2.44. The molecule has 0 spiro atoms. The summed E-state index contributed by atoms with van der Waals surface area (Å²) in [7, 11) is -2.56. The first-order valence-corrected chi connectivity index (χ1v) is 21.6. The van der Waals surface area contributed by atoms with Crippen molar-refractivity contribution in [2.24, 2.45) is 17.8 Å². The zero-order valence-corrected chi connectivity index (χ0v) is 35.4. The summed E-state index contributed by atoms with van der Waals surface area (Å²) in [5, 5.41) is 13.6. The molecule has 0 aromatic carbocycles. The fourth-order valence-corrected chi connectivity index (χ4v) is 9.55. The van der Waals surface area contributed by atoms with E-state index in [0.29, 0.717) is 49.0 Å². The lowest BCUT2D eigenvalue weighted by molar-refractivity contribution is -0.146. The maximum Gasteiger partial charge on any atom is 0.408 e. The number of carboxylic acid groups (broad SMARTS) is 1. The Bertz CT molecular complexity index is 2070. The van der Waals surface area contributed by atoms with Gasteiger partial charge in [-0.3, -0.25) is 24.0 Å².